The topological polar surface area (TPSA) is 38.7 Å². The molecule has 1 aliphatic heterocycles. The molecule has 1 rings (SSSR count). The van der Waals surface area contributed by atoms with Crippen LogP contribution in [0.25, 0.3) is 0 Å². The van der Waals surface area contributed by atoms with Crippen molar-refractivity contribution in [1.29, 1.82) is 0 Å². The van der Waals surface area contributed by atoms with E-state index in [9.17, 15) is 0 Å². The van der Waals surface area contributed by atoms with Gasteiger partial charge in [-0.05, 0) is 26.2 Å². The first-order valence-electron chi connectivity index (χ1n) is 5.95. The van der Waals surface area contributed by atoms with E-state index in [2.05, 4.69) is 27.7 Å². The van der Waals surface area contributed by atoms with Crippen molar-refractivity contribution >= 4 is 0 Å². The highest BCUT2D eigenvalue weighted by Crippen LogP contribution is 2.34. The zero-order valence-corrected chi connectivity index (χ0v) is 10.3. The minimum absolute atomic E-state index is 0.172. The molecule has 90 valence electrons. The van der Waals surface area contributed by atoms with E-state index >= 15 is 0 Å². The van der Waals surface area contributed by atoms with Crippen LogP contribution in [0.5, 0.6) is 0 Å². The molecule has 3 heteroatoms. The summed E-state index contributed by atoms with van der Waals surface area (Å²) >= 11 is 0. The lowest BCUT2D eigenvalue weighted by molar-refractivity contribution is -0.0218. The Bertz CT molecular complexity index is 182. The van der Waals surface area contributed by atoms with Crippen molar-refractivity contribution in [3.8, 4) is 0 Å². The van der Waals surface area contributed by atoms with E-state index in [-0.39, 0.29) is 24.9 Å². The van der Waals surface area contributed by atoms with Gasteiger partial charge in [-0.3, -0.25) is 0 Å². The van der Waals surface area contributed by atoms with Crippen molar-refractivity contribution in [1.82, 2.24) is 0 Å². The van der Waals surface area contributed by atoms with Gasteiger partial charge in [0, 0.05) is 19.1 Å². The first-order chi connectivity index (χ1) is 7.07. The van der Waals surface area contributed by atoms with E-state index in [1.807, 2.05) is 0 Å². The van der Waals surface area contributed by atoms with Crippen molar-refractivity contribution in [2.24, 2.45) is 11.8 Å². The molecular weight excluding hydrogens is 192 g/mol. The predicted molar refractivity (Wildman–Crippen MR) is 59.8 cm³/mol. The molecule has 3 nitrogen and oxygen atoms in total. The Kier molecular flexibility index (Phi) is 5.03. The summed E-state index contributed by atoms with van der Waals surface area (Å²) in [6.07, 6.45) is 1.35. The van der Waals surface area contributed by atoms with Gasteiger partial charge >= 0.3 is 0 Å². The van der Waals surface area contributed by atoms with E-state index in [1.165, 1.54) is 0 Å². The molecule has 0 aromatic rings. The summed E-state index contributed by atoms with van der Waals surface area (Å²) in [6, 6.07) is 0. The molecule has 1 fully saturated rings. The molecule has 0 saturated carbocycles. The molecule has 0 amide bonds. The lowest BCUT2D eigenvalue weighted by Gasteiger charge is -2.25. The Hall–Kier alpha value is -0.120. The second-order valence-corrected chi connectivity index (χ2v) is 4.78. The molecule has 4 atom stereocenters. The van der Waals surface area contributed by atoms with Gasteiger partial charge in [0.05, 0.1) is 18.3 Å². The Morgan fingerprint density at radius 1 is 1.27 bits per heavy atom. The normalized spacial score (nSPS) is 36.4. The van der Waals surface area contributed by atoms with Crippen molar-refractivity contribution in [2.45, 2.75) is 52.4 Å². The van der Waals surface area contributed by atoms with E-state index in [1.54, 1.807) is 0 Å². The summed E-state index contributed by atoms with van der Waals surface area (Å²) in [7, 11) is 0. The maximum Gasteiger partial charge on any atom is 0.0889 e. The van der Waals surface area contributed by atoms with Crippen LogP contribution in [-0.4, -0.2) is 36.6 Å². The molecule has 15 heavy (non-hydrogen) atoms. The van der Waals surface area contributed by atoms with Crippen LogP contribution in [0.4, 0.5) is 0 Å². The minimum atomic E-state index is 0.172. The molecular formula is C12H24O3. The number of ether oxygens (including phenoxy) is 2. The molecule has 1 heterocycles. The lowest BCUT2D eigenvalue weighted by Crippen LogP contribution is -2.33. The van der Waals surface area contributed by atoms with Gasteiger partial charge in [0.15, 0.2) is 0 Å². The smallest absolute Gasteiger partial charge is 0.0889 e. The molecule has 0 aromatic heterocycles. The Balaban J connectivity index is 2.50. The largest absolute Gasteiger partial charge is 0.396 e. The first-order valence-corrected chi connectivity index (χ1v) is 5.95. The third-order valence-electron chi connectivity index (χ3n) is 3.20. The van der Waals surface area contributed by atoms with Gasteiger partial charge in [-0.1, -0.05) is 13.8 Å². The zero-order valence-electron chi connectivity index (χ0n) is 10.3. The van der Waals surface area contributed by atoms with Gasteiger partial charge in [-0.2, -0.15) is 0 Å². The average Bonchev–Trinajstić information content (AvgIpc) is 2.42. The Morgan fingerprint density at radius 2 is 1.93 bits per heavy atom. The van der Waals surface area contributed by atoms with Crippen molar-refractivity contribution in [3.63, 3.8) is 0 Å². The number of rotatable bonds is 5. The molecule has 1 N–H and O–H groups in total. The summed E-state index contributed by atoms with van der Waals surface area (Å²) < 4.78 is 11.6. The van der Waals surface area contributed by atoms with Crippen molar-refractivity contribution in [2.75, 3.05) is 13.2 Å². The molecule has 1 aliphatic rings. The molecule has 0 aliphatic carbocycles. The van der Waals surface area contributed by atoms with Gasteiger partial charge in [0.2, 0.25) is 0 Å². The summed E-state index contributed by atoms with van der Waals surface area (Å²) in [5.74, 6) is 1.04. The fourth-order valence-corrected chi connectivity index (χ4v) is 2.54. The van der Waals surface area contributed by atoms with Crippen LogP contribution >= 0.6 is 0 Å². The third kappa shape index (κ3) is 3.16. The summed E-state index contributed by atoms with van der Waals surface area (Å²) in [5.41, 5.74) is 0. The third-order valence-corrected chi connectivity index (χ3v) is 3.20. The van der Waals surface area contributed by atoms with E-state index < -0.39 is 0 Å². The van der Waals surface area contributed by atoms with Crippen LogP contribution < -0.4 is 0 Å². The Labute approximate surface area is 92.8 Å². The first kappa shape index (κ1) is 12.9. The van der Waals surface area contributed by atoms with Gasteiger partial charge in [0.1, 0.15) is 0 Å². The summed E-state index contributed by atoms with van der Waals surface area (Å²) in [6.45, 7) is 9.45. The molecule has 0 bridgehead atoms. The summed E-state index contributed by atoms with van der Waals surface area (Å²) in [5, 5.41) is 8.72. The van der Waals surface area contributed by atoms with E-state index in [0.29, 0.717) is 24.9 Å². The highest BCUT2D eigenvalue weighted by atomic mass is 16.6. The lowest BCUT2D eigenvalue weighted by atomic mass is 9.86. The highest BCUT2D eigenvalue weighted by Gasteiger charge is 2.42. The summed E-state index contributed by atoms with van der Waals surface area (Å²) in [4.78, 5) is 0. The molecule has 0 radical (unpaired) electrons. The minimum Gasteiger partial charge on any atom is -0.396 e. The van der Waals surface area contributed by atoms with E-state index in [0.717, 1.165) is 0 Å². The maximum absolute atomic E-state index is 8.72. The van der Waals surface area contributed by atoms with Crippen LogP contribution in [0.15, 0.2) is 0 Å². The quantitative estimate of drug-likeness (QED) is 0.713. The van der Waals surface area contributed by atoms with Crippen LogP contribution in [0.1, 0.15) is 34.1 Å². The van der Waals surface area contributed by atoms with Crippen LogP contribution in [0.3, 0.4) is 0 Å². The fourth-order valence-electron chi connectivity index (χ4n) is 2.54. The monoisotopic (exact) mass is 216 g/mol. The van der Waals surface area contributed by atoms with Crippen molar-refractivity contribution < 1.29 is 14.6 Å². The zero-order chi connectivity index (χ0) is 11.4. The van der Waals surface area contributed by atoms with Gasteiger partial charge in [-0.15, -0.1) is 0 Å². The van der Waals surface area contributed by atoms with Crippen LogP contribution in [-0.2, 0) is 9.47 Å². The van der Waals surface area contributed by atoms with Crippen LogP contribution in [0.2, 0.25) is 0 Å². The van der Waals surface area contributed by atoms with Crippen molar-refractivity contribution in [3.05, 3.63) is 0 Å². The molecule has 1 saturated heterocycles. The highest BCUT2D eigenvalue weighted by molar-refractivity contribution is 4.89. The SMILES string of the molecule is CC(C)[C@H]1[C@@H](OCCCO)[C@H](C)O[C@@H]1C. The van der Waals surface area contributed by atoms with Gasteiger partial charge < -0.3 is 14.6 Å². The molecule has 0 aromatic carbocycles. The molecule has 0 unspecified atom stereocenters. The van der Waals surface area contributed by atoms with Gasteiger partial charge in [0.25, 0.3) is 0 Å². The number of aliphatic hydroxyl groups is 1. The van der Waals surface area contributed by atoms with E-state index in [4.69, 9.17) is 14.6 Å². The van der Waals surface area contributed by atoms with Gasteiger partial charge in [-0.25, -0.2) is 0 Å². The maximum atomic E-state index is 8.72. The number of hydrogen-bond donors (Lipinski definition) is 1. The van der Waals surface area contributed by atoms with Crippen LogP contribution in [0, 0.1) is 11.8 Å². The predicted octanol–water partition coefficient (Wildman–Crippen LogP) is 1.83. The number of hydrogen-bond acceptors (Lipinski definition) is 3. The Morgan fingerprint density at radius 3 is 2.47 bits per heavy atom. The standard InChI is InChI=1S/C12H24O3/c1-8(2)11-9(3)15-10(4)12(11)14-7-5-6-13/h8-13H,5-7H2,1-4H3/t9-,10+,11-,12+/m1/s1. The fraction of sp³-hybridized carbons (Fsp3) is 1.00. The second kappa shape index (κ2) is 5.83. The average molecular weight is 216 g/mol. The molecule has 0 spiro atoms. The second-order valence-electron chi connectivity index (χ2n) is 4.78. The number of aliphatic hydroxyl groups excluding tert-OH is 1.